The summed E-state index contributed by atoms with van der Waals surface area (Å²) >= 11 is 6.23. The third-order valence-electron chi connectivity index (χ3n) is 8.02. The van der Waals surface area contributed by atoms with Gasteiger partial charge in [0.1, 0.15) is 17.5 Å². The quantitative estimate of drug-likeness (QED) is 0.157. The number of aromatic nitrogens is 2. The molecule has 2 aromatic carbocycles. The number of halogens is 5. The SMILES string of the molecule is O=C1NC2(CCC2)Cc2[nH]c(-c3ccnc(NC(=O)[C@H](CC(F)F)c4ccc(F)cc4)c3)c(Nc3cccc(F)c3Cl)c21. The van der Waals surface area contributed by atoms with E-state index in [9.17, 15) is 27.2 Å². The Labute approximate surface area is 249 Å². The molecular weight excluding hydrogens is 586 g/mol. The fourth-order valence-electron chi connectivity index (χ4n) is 5.74. The lowest BCUT2D eigenvalue weighted by molar-refractivity contribution is -0.118. The van der Waals surface area contributed by atoms with Gasteiger partial charge in [-0.1, -0.05) is 29.8 Å². The molecule has 222 valence electrons. The maximum atomic E-state index is 14.3. The molecule has 1 saturated carbocycles. The standard InChI is InChI=1S/C31H26ClF4N5O2/c32-26-20(34)3-1-4-21(26)38-28-25-22(15-31(10-2-11-31)41-30(25)43)39-27(28)17-9-12-37-24(13-17)40-29(42)19(14-23(35)36)16-5-7-18(33)8-6-16/h1,3-9,12-13,19,23,38-39H,2,10-11,14-15H2,(H,41,43)(H,37,40,42)/t19-/m1/s1. The molecule has 1 aliphatic heterocycles. The van der Waals surface area contributed by atoms with Gasteiger partial charge in [-0.05, 0) is 61.2 Å². The molecule has 1 atom stereocenters. The summed E-state index contributed by atoms with van der Waals surface area (Å²) in [6.45, 7) is 0. The molecule has 1 aliphatic carbocycles. The average molecular weight is 612 g/mol. The normalized spacial score (nSPS) is 15.9. The Morgan fingerprint density at radius 2 is 1.86 bits per heavy atom. The van der Waals surface area contributed by atoms with Gasteiger partial charge < -0.3 is 20.9 Å². The number of carbonyl (C=O) groups is 2. The van der Waals surface area contributed by atoms with Crippen LogP contribution in [0.3, 0.4) is 0 Å². The first kappa shape index (κ1) is 28.7. The Hall–Kier alpha value is -4.38. The largest absolute Gasteiger partial charge is 0.356 e. The molecule has 7 nitrogen and oxygen atoms in total. The van der Waals surface area contributed by atoms with E-state index in [-0.39, 0.29) is 33.5 Å². The zero-order chi connectivity index (χ0) is 30.3. The predicted octanol–water partition coefficient (Wildman–Crippen LogP) is 7.34. The highest BCUT2D eigenvalue weighted by Crippen LogP contribution is 2.44. The Bertz CT molecular complexity index is 1710. The van der Waals surface area contributed by atoms with E-state index in [0.717, 1.165) is 31.4 Å². The van der Waals surface area contributed by atoms with Crippen LogP contribution in [0.2, 0.25) is 5.02 Å². The number of nitrogens with one attached hydrogen (secondary N) is 4. The zero-order valence-corrected chi connectivity index (χ0v) is 23.4. The molecule has 0 unspecified atom stereocenters. The van der Waals surface area contributed by atoms with Crippen molar-refractivity contribution in [1.82, 2.24) is 15.3 Å². The molecule has 1 fully saturated rings. The number of benzene rings is 2. The second kappa shape index (κ2) is 11.4. The van der Waals surface area contributed by atoms with Gasteiger partial charge in [-0.2, -0.15) is 0 Å². The fourth-order valence-corrected chi connectivity index (χ4v) is 5.91. The van der Waals surface area contributed by atoms with Gasteiger partial charge in [-0.3, -0.25) is 9.59 Å². The Kier molecular flexibility index (Phi) is 7.59. The number of fused-ring (bicyclic) bond motifs is 1. The van der Waals surface area contributed by atoms with Gasteiger partial charge >= 0.3 is 0 Å². The Morgan fingerprint density at radius 3 is 2.56 bits per heavy atom. The maximum Gasteiger partial charge on any atom is 0.255 e. The molecule has 2 amide bonds. The van der Waals surface area contributed by atoms with E-state index in [1.807, 2.05) is 0 Å². The molecule has 4 N–H and O–H groups in total. The lowest BCUT2D eigenvalue weighted by atomic mass is 9.71. The Balaban J connectivity index is 1.36. The van der Waals surface area contributed by atoms with Crippen molar-refractivity contribution in [2.75, 3.05) is 10.6 Å². The number of alkyl halides is 2. The van der Waals surface area contributed by atoms with Crippen molar-refractivity contribution in [1.29, 1.82) is 0 Å². The first-order valence-corrected chi connectivity index (χ1v) is 14.1. The highest BCUT2D eigenvalue weighted by atomic mass is 35.5. The van der Waals surface area contributed by atoms with Crippen LogP contribution in [0.1, 0.15) is 53.2 Å². The molecule has 12 heteroatoms. The maximum absolute atomic E-state index is 14.3. The van der Waals surface area contributed by atoms with Crippen LogP contribution < -0.4 is 16.0 Å². The van der Waals surface area contributed by atoms with Gasteiger partial charge in [0.05, 0.1) is 33.6 Å². The second-order valence-electron chi connectivity index (χ2n) is 10.9. The van der Waals surface area contributed by atoms with Crippen LogP contribution in [0, 0.1) is 11.6 Å². The van der Waals surface area contributed by atoms with E-state index in [4.69, 9.17) is 11.6 Å². The fraction of sp³-hybridized carbons (Fsp3) is 0.258. The highest BCUT2D eigenvalue weighted by Gasteiger charge is 2.45. The first-order valence-electron chi connectivity index (χ1n) is 13.7. The van der Waals surface area contributed by atoms with E-state index in [1.54, 1.807) is 12.1 Å². The number of pyridine rings is 1. The first-order chi connectivity index (χ1) is 20.6. The number of hydrogen-bond acceptors (Lipinski definition) is 4. The molecule has 2 aliphatic rings. The summed E-state index contributed by atoms with van der Waals surface area (Å²) in [4.78, 5) is 34.1. The smallest absolute Gasteiger partial charge is 0.255 e. The highest BCUT2D eigenvalue weighted by molar-refractivity contribution is 6.33. The van der Waals surface area contributed by atoms with Crippen molar-refractivity contribution in [2.45, 2.75) is 50.0 Å². The lowest BCUT2D eigenvalue weighted by Gasteiger charge is -2.45. The van der Waals surface area contributed by atoms with Crippen LogP contribution in [0.4, 0.5) is 34.8 Å². The third kappa shape index (κ3) is 5.69. The molecule has 4 aromatic rings. The minimum Gasteiger partial charge on any atom is -0.356 e. The number of hydrogen-bond donors (Lipinski definition) is 4. The molecule has 6 rings (SSSR count). The summed E-state index contributed by atoms with van der Waals surface area (Å²) in [5.41, 5.74) is 2.57. The monoisotopic (exact) mass is 611 g/mol. The number of carbonyl (C=O) groups excluding carboxylic acids is 2. The van der Waals surface area contributed by atoms with Crippen LogP contribution in [0.25, 0.3) is 11.3 Å². The summed E-state index contributed by atoms with van der Waals surface area (Å²) in [7, 11) is 0. The van der Waals surface area contributed by atoms with E-state index in [0.29, 0.717) is 34.6 Å². The van der Waals surface area contributed by atoms with Crippen molar-refractivity contribution >= 4 is 40.6 Å². The van der Waals surface area contributed by atoms with Gasteiger partial charge in [-0.25, -0.2) is 22.5 Å². The second-order valence-corrected chi connectivity index (χ2v) is 11.2. The van der Waals surface area contributed by atoms with Crippen molar-refractivity contribution in [3.63, 3.8) is 0 Å². The number of aromatic amines is 1. The van der Waals surface area contributed by atoms with Gasteiger partial charge in [-0.15, -0.1) is 0 Å². The predicted molar refractivity (Wildman–Crippen MR) is 155 cm³/mol. The number of H-pyrrole nitrogens is 1. The molecular formula is C31H26ClF4N5O2. The molecule has 1 spiro atoms. The van der Waals surface area contributed by atoms with Crippen molar-refractivity contribution < 1.29 is 27.2 Å². The van der Waals surface area contributed by atoms with Crippen LogP contribution in [0.15, 0.2) is 60.8 Å². The number of rotatable bonds is 8. The van der Waals surface area contributed by atoms with Crippen molar-refractivity contribution in [2.24, 2.45) is 0 Å². The molecule has 0 saturated heterocycles. The summed E-state index contributed by atoms with van der Waals surface area (Å²) < 4.78 is 54.5. The zero-order valence-electron chi connectivity index (χ0n) is 22.6. The number of nitrogens with zero attached hydrogens (tertiary/aromatic N) is 1. The summed E-state index contributed by atoms with van der Waals surface area (Å²) in [5.74, 6) is -3.38. The summed E-state index contributed by atoms with van der Waals surface area (Å²) in [6.07, 6.45) is 1.16. The van der Waals surface area contributed by atoms with E-state index >= 15 is 0 Å². The van der Waals surface area contributed by atoms with Gasteiger partial charge in [0.2, 0.25) is 12.3 Å². The Morgan fingerprint density at radius 1 is 1.09 bits per heavy atom. The molecule has 0 bridgehead atoms. The minimum atomic E-state index is -2.78. The van der Waals surface area contributed by atoms with Crippen molar-refractivity contribution in [3.05, 3.63) is 94.3 Å². The van der Waals surface area contributed by atoms with Gasteiger partial charge in [0, 0.05) is 35.8 Å². The summed E-state index contributed by atoms with van der Waals surface area (Å²) in [5, 5.41) is 8.70. The molecule has 3 heterocycles. The molecule has 43 heavy (non-hydrogen) atoms. The third-order valence-corrected chi connectivity index (χ3v) is 8.41. The van der Waals surface area contributed by atoms with Crippen molar-refractivity contribution in [3.8, 4) is 11.3 Å². The van der Waals surface area contributed by atoms with Crippen LogP contribution in [-0.2, 0) is 11.2 Å². The van der Waals surface area contributed by atoms with E-state index in [1.165, 1.54) is 36.5 Å². The lowest BCUT2D eigenvalue weighted by Crippen LogP contribution is -2.57. The number of amides is 2. The molecule has 2 aromatic heterocycles. The van der Waals surface area contributed by atoms with E-state index in [2.05, 4.69) is 25.9 Å². The topological polar surface area (TPSA) is 98.9 Å². The number of anilines is 3. The van der Waals surface area contributed by atoms with E-state index < -0.39 is 36.3 Å². The minimum absolute atomic E-state index is 0.0751. The summed E-state index contributed by atoms with van der Waals surface area (Å²) in [6, 6.07) is 12.3. The molecule has 0 radical (unpaired) electrons. The average Bonchev–Trinajstić information content (AvgIpc) is 3.32. The van der Waals surface area contributed by atoms with Crippen LogP contribution >= 0.6 is 11.6 Å². The van der Waals surface area contributed by atoms with Crippen LogP contribution in [0.5, 0.6) is 0 Å². The van der Waals surface area contributed by atoms with Gasteiger partial charge in [0.15, 0.2) is 0 Å². The van der Waals surface area contributed by atoms with Gasteiger partial charge in [0.25, 0.3) is 5.91 Å². The van der Waals surface area contributed by atoms with Crippen LogP contribution in [-0.4, -0.2) is 33.7 Å².